The van der Waals surface area contributed by atoms with Crippen molar-refractivity contribution in [1.29, 1.82) is 0 Å². The Labute approximate surface area is 157 Å². The molecule has 0 saturated carbocycles. The summed E-state index contributed by atoms with van der Waals surface area (Å²) in [6, 6.07) is 11.4. The summed E-state index contributed by atoms with van der Waals surface area (Å²) in [5.41, 5.74) is -0.529. The minimum Gasteiger partial charge on any atom is -0.478 e. The zero-order valence-corrected chi connectivity index (χ0v) is 15.1. The number of hydrogen-bond donors (Lipinski definition) is 1. The summed E-state index contributed by atoms with van der Waals surface area (Å²) in [7, 11) is -3.45. The first-order chi connectivity index (χ1) is 13.0. The van der Waals surface area contributed by atoms with E-state index in [1.54, 1.807) is 0 Å². The van der Waals surface area contributed by atoms with Crippen LogP contribution in [0.5, 0.6) is 0 Å². The molecule has 0 unspecified atom stereocenters. The smallest absolute Gasteiger partial charge is 0.435 e. The van der Waals surface area contributed by atoms with Gasteiger partial charge in [-0.25, -0.2) is 17.9 Å². The van der Waals surface area contributed by atoms with Crippen molar-refractivity contribution in [3.05, 3.63) is 65.9 Å². The van der Waals surface area contributed by atoms with Crippen LogP contribution >= 0.6 is 0 Å². The number of rotatable bonds is 4. The standard InChI is InChI=1S/C18H13F3N2O4S/c1-28(26,27)14-8-4-11(5-9-14)15-10-16(18(19,20)21)22-23(15)13-6-2-12(3-7-13)17(24)25/h2-10H,1H3,(H,24,25). The fourth-order valence-corrected chi connectivity index (χ4v) is 3.17. The highest BCUT2D eigenvalue weighted by Crippen LogP contribution is 2.33. The van der Waals surface area contributed by atoms with Crippen molar-refractivity contribution in [2.45, 2.75) is 11.1 Å². The number of carboxylic acid groups (broad SMARTS) is 1. The van der Waals surface area contributed by atoms with Gasteiger partial charge in [0.2, 0.25) is 0 Å². The molecule has 10 heteroatoms. The highest BCUT2D eigenvalue weighted by molar-refractivity contribution is 7.90. The van der Waals surface area contributed by atoms with Crippen LogP contribution in [0.2, 0.25) is 0 Å². The van der Waals surface area contributed by atoms with Crippen LogP contribution in [0.15, 0.2) is 59.5 Å². The molecular weight excluding hydrogens is 397 g/mol. The number of nitrogens with zero attached hydrogens (tertiary/aromatic N) is 2. The fraction of sp³-hybridized carbons (Fsp3) is 0.111. The van der Waals surface area contributed by atoms with E-state index in [1.807, 2.05) is 0 Å². The molecule has 1 N–H and O–H groups in total. The van der Waals surface area contributed by atoms with E-state index in [9.17, 15) is 26.4 Å². The van der Waals surface area contributed by atoms with E-state index in [0.717, 1.165) is 17.0 Å². The Morgan fingerprint density at radius 3 is 2.07 bits per heavy atom. The van der Waals surface area contributed by atoms with Crippen molar-refractivity contribution < 1.29 is 31.5 Å². The topological polar surface area (TPSA) is 89.3 Å². The van der Waals surface area contributed by atoms with Gasteiger partial charge < -0.3 is 5.11 Å². The number of hydrogen-bond acceptors (Lipinski definition) is 4. The van der Waals surface area contributed by atoms with Crippen molar-refractivity contribution in [3.8, 4) is 16.9 Å². The Bertz CT molecular complexity index is 1130. The van der Waals surface area contributed by atoms with Gasteiger partial charge in [0.1, 0.15) is 0 Å². The summed E-state index contributed by atoms with van der Waals surface area (Å²) in [4.78, 5) is 11.0. The molecular formula is C18H13F3N2O4S. The number of benzene rings is 2. The number of carboxylic acids is 1. The third-order valence-corrected chi connectivity index (χ3v) is 5.07. The lowest BCUT2D eigenvalue weighted by molar-refractivity contribution is -0.141. The molecule has 0 radical (unpaired) electrons. The Hall–Kier alpha value is -3.14. The maximum absolute atomic E-state index is 13.2. The van der Waals surface area contributed by atoms with E-state index in [2.05, 4.69) is 5.10 Å². The minimum absolute atomic E-state index is 0.0222. The molecule has 28 heavy (non-hydrogen) atoms. The number of alkyl halides is 3. The molecule has 3 rings (SSSR count). The zero-order valence-electron chi connectivity index (χ0n) is 14.3. The van der Waals surface area contributed by atoms with Gasteiger partial charge in [0, 0.05) is 11.8 Å². The van der Waals surface area contributed by atoms with Gasteiger partial charge in [-0.1, -0.05) is 12.1 Å². The van der Waals surface area contributed by atoms with E-state index < -0.39 is 27.7 Å². The monoisotopic (exact) mass is 410 g/mol. The Morgan fingerprint density at radius 2 is 1.61 bits per heavy atom. The number of carbonyl (C=O) groups is 1. The summed E-state index contributed by atoms with van der Waals surface area (Å²) in [5, 5.41) is 12.6. The van der Waals surface area contributed by atoms with Gasteiger partial charge in [-0.2, -0.15) is 18.3 Å². The van der Waals surface area contributed by atoms with Crippen LogP contribution in [0.25, 0.3) is 16.9 Å². The molecule has 3 aromatic rings. The quantitative estimate of drug-likeness (QED) is 0.709. The van der Waals surface area contributed by atoms with Crippen molar-refractivity contribution in [2.75, 3.05) is 6.26 Å². The maximum atomic E-state index is 13.2. The number of aromatic carboxylic acids is 1. The molecule has 0 amide bonds. The average Bonchev–Trinajstić information content (AvgIpc) is 3.07. The first kappa shape index (κ1) is 19.6. The van der Waals surface area contributed by atoms with E-state index >= 15 is 0 Å². The molecule has 2 aromatic carbocycles. The first-order valence-electron chi connectivity index (χ1n) is 7.78. The second-order valence-electron chi connectivity index (χ2n) is 5.97. The number of aromatic nitrogens is 2. The van der Waals surface area contributed by atoms with E-state index in [1.165, 1.54) is 48.5 Å². The van der Waals surface area contributed by atoms with E-state index in [4.69, 9.17) is 5.11 Å². The highest BCUT2D eigenvalue weighted by atomic mass is 32.2. The van der Waals surface area contributed by atoms with Gasteiger partial charge in [0.05, 0.1) is 21.8 Å². The lowest BCUT2D eigenvalue weighted by Gasteiger charge is -2.09. The van der Waals surface area contributed by atoms with Crippen molar-refractivity contribution >= 4 is 15.8 Å². The molecule has 0 fully saturated rings. The molecule has 146 valence electrons. The van der Waals surface area contributed by atoms with Crippen LogP contribution in [0.1, 0.15) is 16.1 Å². The third-order valence-electron chi connectivity index (χ3n) is 3.94. The Morgan fingerprint density at radius 1 is 1.04 bits per heavy atom. The molecule has 6 nitrogen and oxygen atoms in total. The molecule has 1 aromatic heterocycles. The Kier molecular flexibility index (Phi) is 4.76. The molecule has 0 aliphatic rings. The van der Waals surface area contributed by atoms with Gasteiger partial charge in [-0.15, -0.1) is 0 Å². The molecule has 0 spiro atoms. The predicted molar refractivity (Wildman–Crippen MR) is 94.1 cm³/mol. The third kappa shape index (κ3) is 3.91. The summed E-state index contributed by atoms with van der Waals surface area (Å²) in [6.45, 7) is 0. The minimum atomic E-state index is -4.69. The van der Waals surface area contributed by atoms with Crippen LogP contribution < -0.4 is 0 Å². The average molecular weight is 410 g/mol. The van der Waals surface area contributed by atoms with E-state index in [-0.39, 0.29) is 21.8 Å². The van der Waals surface area contributed by atoms with Crippen LogP contribution in [0.3, 0.4) is 0 Å². The second-order valence-corrected chi connectivity index (χ2v) is 7.99. The Balaban J connectivity index is 2.14. The lowest BCUT2D eigenvalue weighted by atomic mass is 10.1. The first-order valence-corrected chi connectivity index (χ1v) is 9.67. The van der Waals surface area contributed by atoms with Crippen LogP contribution in [0, 0.1) is 0 Å². The van der Waals surface area contributed by atoms with Crippen LogP contribution in [-0.4, -0.2) is 35.5 Å². The summed E-state index contributed by atoms with van der Waals surface area (Å²) < 4.78 is 63.7. The van der Waals surface area contributed by atoms with Crippen molar-refractivity contribution in [3.63, 3.8) is 0 Å². The SMILES string of the molecule is CS(=O)(=O)c1ccc(-c2cc(C(F)(F)F)nn2-c2ccc(C(=O)O)cc2)cc1. The maximum Gasteiger partial charge on any atom is 0.435 e. The normalized spacial score (nSPS) is 12.1. The number of sulfone groups is 1. The molecule has 1 heterocycles. The second kappa shape index (κ2) is 6.79. The summed E-state index contributed by atoms with van der Waals surface area (Å²) in [6.07, 6.45) is -3.66. The van der Waals surface area contributed by atoms with Crippen LogP contribution in [0.4, 0.5) is 13.2 Å². The van der Waals surface area contributed by atoms with E-state index in [0.29, 0.717) is 5.56 Å². The predicted octanol–water partition coefficient (Wildman–Crippen LogP) is 3.66. The zero-order chi connectivity index (χ0) is 20.7. The molecule has 0 bridgehead atoms. The highest BCUT2D eigenvalue weighted by Gasteiger charge is 2.35. The van der Waals surface area contributed by atoms with Crippen molar-refractivity contribution in [2.24, 2.45) is 0 Å². The molecule has 0 aliphatic heterocycles. The van der Waals surface area contributed by atoms with Gasteiger partial charge in [0.25, 0.3) is 0 Å². The lowest BCUT2D eigenvalue weighted by Crippen LogP contribution is -2.07. The summed E-state index contributed by atoms with van der Waals surface area (Å²) in [5.74, 6) is -1.17. The van der Waals surface area contributed by atoms with Crippen LogP contribution in [-0.2, 0) is 16.0 Å². The molecule has 0 atom stereocenters. The largest absolute Gasteiger partial charge is 0.478 e. The van der Waals surface area contributed by atoms with Crippen molar-refractivity contribution in [1.82, 2.24) is 9.78 Å². The van der Waals surface area contributed by atoms with Gasteiger partial charge in [0.15, 0.2) is 15.5 Å². The molecule has 0 aliphatic carbocycles. The van der Waals surface area contributed by atoms with Gasteiger partial charge in [-0.3, -0.25) is 0 Å². The summed E-state index contributed by atoms with van der Waals surface area (Å²) >= 11 is 0. The van der Waals surface area contributed by atoms with Gasteiger partial charge >= 0.3 is 12.1 Å². The van der Waals surface area contributed by atoms with Gasteiger partial charge in [-0.05, 0) is 42.5 Å². The number of halogens is 3. The fourth-order valence-electron chi connectivity index (χ4n) is 2.54. The molecule has 0 saturated heterocycles.